The van der Waals surface area contributed by atoms with E-state index in [0.29, 0.717) is 6.61 Å². The molecule has 4 heteroatoms. The second-order valence-electron chi connectivity index (χ2n) is 5.26. The lowest BCUT2D eigenvalue weighted by Gasteiger charge is -2.37. The number of carbonyl (C=O) groups excluding carboxylic acids is 1. The maximum Gasteiger partial charge on any atom is 0.407 e. The zero-order valence-electron chi connectivity index (χ0n) is 10.8. The second kappa shape index (κ2) is 6.24. The van der Waals surface area contributed by atoms with E-state index in [4.69, 9.17) is 4.74 Å². The molecule has 0 aromatic carbocycles. The predicted octanol–water partition coefficient (Wildman–Crippen LogP) is 2.00. The van der Waals surface area contributed by atoms with Gasteiger partial charge in [-0.15, -0.1) is 0 Å². The van der Waals surface area contributed by atoms with E-state index in [2.05, 4.69) is 10.2 Å². The maximum atomic E-state index is 11.4. The molecular weight excluding hydrogens is 216 g/mol. The molecule has 0 spiro atoms. The average Bonchev–Trinajstić information content (AvgIpc) is 2.24. The van der Waals surface area contributed by atoms with Gasteiger partial charge in [-0.2, -0.15) is 0 Å². The van der Waals surface area contributed by atoms with E-state index >= 15 is 0 Å². The molecule has 0 aromatic rings. The molecule has 2 rings (SSSR count). The van der Waals surface area contributed by atoms with Crippen molar-refractivity contribution < 1.29 is 9.53 Å². The van der Waals surface area contributed by atoms with Crippen molar-refractivity contribution in [3.8, 4) is 0 Å². The Morgan fingerprint density at radius 2 is 2.18 bits per heavy atom. The highest BCUT2D eigenvalue weighted by molar-refractivity contribution is 5.67. The van der Waals surface area contributed by atoms with Crippen LogP contribution in [0.3, 0.4) is 0 Å². The van der Waals surface area contributed by atoms with Crippen LogP contribution in [0.15, 0.2) is 0 Å². The van der Waals surface area contributed by atoms with E-state index in [-0.39, 0.29) is 12.1 Å². The number of hydrogen-bond donors (Lipinski definition) is 1. The molecule has 17 heavy (non-hydrogen) atoms. The van der Waals surface area contributed by atoms with Crippen molar-refractivity contribution in [1.29, 1.82) is 0 Å². The number of nitrogens with one attached hydrogen (secondary N) is 1. The van der Waals surface area contributed by atoms with E-state index < -0.39 is 0 Å². The first kappa shape index (κ1) is 12.7. The van der Waals surface area contributed by atoms with Crippen LogP contribution in [-0.4, -0.2) is 43.3 Å². The van der Waals surface area contributed by atoms with Crippen LogP contribution in [0.4, 0.5) is 4.79 Å². The normalized spacial score (nSPS) is 26.3. The molecule has 1 saturated carbocycles. The molecule has 4 nitrogen and oxygen atoms in total. The van der Waals surface area contributed by atoms with Gasteiger partial charge in [0.05, 0.1) is 6.61 Å². The number of carbonyl (C=O) groups is 1. The summed E-state index contributed by atoms with van der Waals surface area (Å²) >= 11 is 0. The van der Waals surface area contributed by atoms with Gasteiger partial charge in [-0.1, -0.05) is 6.42 Å². The fourth-order valence-corrected chi connectivity index (χ4v) is 2.72. The minimum absolute atomic E-state index is 0.261. The van der Waals surface area contributed by atoms with Crippen LogP contribution in [0.1, 0.15) is 39.0 Å². The standard InChI is InChI=1S/C13H24N2O2/c1-2-17-13(16)14-12-7-4-8-15(10-12)9-11-5-3-6-11/h11-12H,2-10H2,1H3,(H,14,16). The smallest absolute Gasteiger partial charge is 0.407 e. The first-order valence-electron chi connectivity index (χ1n) is 6.93. The van der Waals surface area contributed by atoms with Gasteiger partial charge >= 0.3 is 6.09 Å². The lowest BCUT2D eigenvalue weighted by Crippen LogP contribution is -2.49. The zero-order valence-corrected chi connectivity index (χ0v) is 10.8. The van der Waals surface area contributed by atoms with Gasteiger partial charge in [-0.3, -0.25) is 0 Å². The number of piperidine rings is 1. The van der Waals surface area contributed by atoms with Crippen molar-refractivity contribution in [1.82, 2.24) is 10.2 Å². The van der Waals surface area contributed by atoms with Gasteiger partial charge in [0.1, 0.15) is 0 Å². The van der Waals surface area contributed by atoms with E-state index in [0.717, 1.165) is 18.9 Å². The molecule has 1 atom stereocenters. The van der Waals surface area contributed by atoms with Gasteiger partial charge < -0.3 is 15.0 Å². The van der Waals surface area contributed by atoms with Crippen molar-refractivity contribution in [3.63, 3.8) is 0 Å². The minimum Gasteiger partial charge on any atom is -0.450 e. The molecule has 2 aliphatic rings. The predicted molar refractivity (Wildman–Crippen MR) is 67.0 cm³/mol. The summed E-state index contributed by atoms with van der Waals surface area (Å²) in [5.74, 6) is 0.913. The number of rotatable bonds is 4. The number of ether oxygens (including phenoxy) is 1. The molecule has 1 saturated heterocycles. The molecule has 2 fully saturated rings. The fourth-order valence-electron chi connectivity index (χ4n) is 2.72. The number of alkyl carbamates (subject to hydrolysis) is 1. The number of hydrogen-bond acceptors (Lipinski definition) is 3. The van der Waals surface area contributed by atoms with Crippen LogP contribution in [-0.2, 0) is 4.74 Å². The van der Waals surface area contributed by atoms with E-state index in [1.165, 1.54) is 38.8 Å². The summed E-state index contributed by atoms with van der Waals surface area (Å²) in [5, 5.41) is 2.96. The summed E-state index contributed by atoms with van der Waals surface area (Å²) < 4.78 is 4.92. The van der Waals surface area contributed by atoms with Gasteiger partial charge in [0.2, 0.25) is 0 Å². The maximum absolute atomic E-state index is 11.4. The third kappa shape index (κ3) is 3.87. The largest absolute Gasteiger partial charge is 0.450 e. The van der Waals surface area contributed by atoms with Crippen molar-refractivity contribution in [2.45, 2.75) is 45.1 Å². The summed E-state index contributed by atoms with van der Waals surface area (Å²) in [7, 11) is 0. The van der Waals surface area contributed by atoms with Crippen molar-refractivity contribution in [2.75, 3.05) is 26.2 Å². The first-order chi connectivity index (χ1) is 8.28. The Balaban J connectivity index is 1.70. The van der Waals surface area contributed by atoms with E-state index in [1.807, 2.05) is 6.92 Å². The highest BCUT2D eigenvalue weighted by Gasteiger charge is 2.26. The van der Waals surface area contributed by atoms with Gasteiger partial charge in [-0.05, 0) is 45.1 Å². The van der Waals surface area contributed by atoms with Gasteiger partial charge in [0.25, 0.3) is 0 Å². The van der Waals surface area contributed by atoms with Gasteiger partial charge in [0.15, 0.2) is 0 Å². The van der Waals surface area contributed by atoms with Gasteiger partial charge in [0, 0.05) is 19.1 Å². The summed E-state index contributed by atoms with van der Waals surface area (Å²) in [4.78, 5) is 13.9. The highest BCUT2D eigenvalue weighted by atomic mass is 16.5. The molecule has 1 unspecified atom stereocenters. The second-order valence-corrected chi connectivity index (χ2v) is 5.26. The van der Waals surface area contributed by atoms with Gasteiger partial charge in [-0.25, -0.2) is 4.79 Å². The summed E-state index contributed by atoms with van der Waals surface area (Å²) in [6.45, 7) is 5.70. The Kier molecular flexibility index (Phi) is 4.66. The Morgan fingerprint density at radius 1 is 1.35 bits per heavy atom. The SMILES string of the molecule is CCOC(=O)NC1CCCN(CC2CCC2)C1. The van der Waals surface area contributed by atoms with Crippen LogP contribution in [0.2, 0.25) is 0 Å². The van der Waals surface area contributed by atoms with Crippen LogP contribution >= 0.6 is 0 Å². The van der Waals surface area contributed by atoms with Crippen molar-refractivity contribution >= 4 is 6.09 Å². The lowest BCUT2D eigenvalue weighted by atomic mass is 9.84. The molecule has 0 aromatic heterocycles. The molecule has 0 radical (unpaired) electrons. The minimum atomic E-state index is -0.261. The third-order valence-corrected chi connectivity index (χ3v) is 3.84. The number of nitrogens with zero attached hydrogens (tertiary/aromatic N) is 1. The molecule has 0 bridgehead atoms. The highest BCUT2D eigenvalue weighted by Crippen LogP contribution is 2.28. The summed E-state index contributed by atoms with van der Waals surface area (Å²) in [6.07, 6.45) is 6.20. The average molecular weight is 240 g/mol. The van der Waals surface area contributed by atoms with E-state index in [1.54, 1.807) is 0 Å². The quantitative estimate of drug-likeness (QED) is 0.817. The number of likely N-dealkylation sites (tertiary alicyclic amines) is 1. The number of amides is 1. The molecule has 1 aliphatic heterocycles. The Bertz CT molecular complexity index is 254. The molecule has 1 aliphatic carbocycles. The Hall–Kier alpha value is -0.770. The first-order valence-corrected chi connectivity index (χ1v) is 6.93. The van der Waals surface area contributed by atoms with Crippen molar-refractivity contribution in [2.24, 2.45) is 5.92 Å². The molecule has 98 valence electrons. The van der Waals surface area contributed by atoms with Crippen LogP contribution in [0.5, 0.6) is 0 Å². The molecular formula is C13H24N2O2. The fraction of sp³-hybridized carbons (Fsp3) is 0.923. The molecule has 1 heterocycles. The van der Waals surface area contributed by atoms with Crippen LogP contribution in [0.25, 0.3) is 0 Å². The third-order valence-electron chi connectivity index (χ3n) is 3.84. The Morgan fingerprint density at radius 3 is 2.82 bits per heavy atom. The zero-order chi connectivity index (χ0) is 12.1. The summed E-state index contributed by atoms with van der Waals surface area (Å²) in [5.41, 5.74) is 0. The van der Waals surface area contributed by atoms with E-state index in [9.17, 15) is 4.79 Å². The van der Waals surface area contributed by atoms with Crippen LogP contribution in [0, 0.1) is 5.92 Å². The van der Waals surface area contributed by atoms with Crippen LogP contribution < -0.4 is 5.32 Å². The summed E-state index contributed by atoms with van der Waals surface area (Å²) in [6, 6.07) is 0.280. The monoisotopic (exact) mass is 240 g/mol. The molecule has 1 N–H and O–H groups in total. The lowest BCUT2D eigenvalue weighted by molar-refractivity contribution is 0.118. The molecule has 1 amide bonds. The van der Waals surface area contributed by atoms with Crippen molar-refractivity contribution in [3.05, 3.63) is 0 Å². The Labute approximate surface area is 104 Å². The topological polar surface area (TPSA) is 41.6 Å².